The van der Waals surface area contributed by atoms with Crippen LogP contribution in [0.1, 0.15) is 32.2 Å². The Bertz CT molecular complexity index is 1030. The molecule has 6 nitrogen and oxygen atoms in total. The predicted octanol–water partition coefficient (Wildman–Crippen LogP) is 4.46. The average molecular weight is 415 g/mol. The number of methoxy groups -OCH3 is 1. The number of hydrogen-bond acceptors (Lipinski definition) is 7. The van der Waals surface area contributed by atoms with E-state index in [1.807, 2.05) is 6.07 Å². The van der Waals surface area contributed by atoms with Crippen molar-refractivity contribution in [1.29, 1.82) is 0 Å². The van der Waals surface area contributed by atoms with Crippen LogP contribution in [0.25, 0.3) is 0 Å². The van der Waals surface area contributed by atoms with Crippen LogP contribution in [-0.4, -0.2) is 30.6 Å². The van der Waals surface area contributed by atoms with Gasteiger partial charge in [0.25, 0.3) is 0 Å². The fraction of sp³-hybridized carbons (Fsp3) is 0.190. The lowest BCUT2D eigenvalue weighted by molar-refractivity contribution is 0.0471. The van der Waals surface area contributed by atoms with Crippen molar-refractivity contribution < 1.29 is 28.0 Å². The van der Waals surface area contributed by atoms with Gasteiger partial charge in [0, 0.05) is 22.3 Å². The Balaban J connectivity index is 1.63. The van der Waals surface area contributed by atoms with Crippen molar-refractivity contribution in [2.24, 2.45) is 0 Å². The van der Waals surface area contributed by atoms with Crippen molar-refractivity contribution in [2.75, 3.05) is 13.7 Å². The van der Waals surface area contributed by atoms with Gasteiger partial charge in [-0.1, -0.05) is 17.3 Å². The van der Waals surface area contributed by atoms with Crippen LogP contribution in [0, 0.1) is 12.7 Å². The van der Waals surface area contributed by atoms with Gasteiger partial charge in [-0.3, -0.25) is 4.79 Å². The van der Waals surface area contributed by atoms with Crippen LogP contribution >= 0.6 is 11.8 Å². The van der Waals surface area contributed by atoms with Crippen LogP contribution in [0.2, 0.25) is 0 Å². The highest BCUT2D eigenvalue weighted by molar-refractivity contribution is 7.98. The number of esters is 1. The van der Waals surface area contributed by atoms with E-state index in [-0.39, 0.29) is 11.3 Å². The first-order valence-corrected chi connectivity index (χ1v) is 9.64. The van der Waals surface area contributed by atoms with Gasteiger partial charge in [-0.2, -0.15) is 0 Å². The molecule has 0 N–H and O–H groups in total. The van der Waals surface area contributed by atoms with Gasteiger partial charge in [-0.05, 0) is 37.3 Å². The molecule has 0 spiro atoms. The molecule has 0 atom stereocenters. The molecule has 0 bridgehead atoms. The molecule has 1 heterocycles. The second-order valence-electron chi connectivity index (χ2n) is 6.06. The van der Waals surface area contributed by atoms with Crippen molar-refractivity contribution in [3.63, 3.8) is 0 Å². The van der Waals surface area contributed by atoms with Crippen LogP contribution in [0.4, 0.5) is 4.39 Å². The maximum Gasteiger partial charge on any atom is 0.339 e. The second kappa shape index (κ2) is 9.38. The van der Waals surface area contributed by atoms with E-state index in [1.165, 1.54) is 31.0 Å². The van der Waals surface area contributed by atoms with E-state index in [9.17, 15) is 14.0 Å². The molecule has 0 radical (unpaired) electrons. The smallest absolute Gasteiger partial charge is 0.339 e. The first-order valence-electron chi connectivity index (χ1n) is 8.66. The number of aromatic nitrogens is 1. The van der Waals surface area contributed by atoms with Crippen LogP contribution in [0.3, 0.4) is 0 Å². The van der Waals surface area contributed by atoms with Crippen molar-refractivity contribution >= 4 is 23.5 Å². The highest BCUT2D eigenvalue weighted by Gasteiger charge is 2.17. The first-order chi connectivity index (χ1) is 14.0. The quantitative estimate of drug-likeness (QED) is 0.305. The molecule has 2 aromatic carbocycles. The minimum atomic E-state index is -0.658. The standard InChI is InChI=1S/C21H18FNO5S/c1-13-9-15(23-28-13)12-29-20-6-4-3-5-16(20)21(25)27-11-18(24)14-7-8-19(26-2)17(22)10-14/h3-10H,11-12H2,1-2H3. The summed E-state index contributed by atoms with van der Waals surface area (Å²) in [6, 6.07) is 12.6. The predicted molar refractivity (Wildman–Crippen MR) is 105 cm³/mol. The number of ether oxygens (including phenoxy) is 2. The van der Waals surface area contributed by atoms with Gasteiger partial charge >= 0.3 is 5.97 Å². The number of halogens is 1. The van der Waals surface area contributed by atoms with E-state index in [0.29, 0.717) is 22.0 Å². The highest BCUT2D eigenvalue weighted by atomic mass is 32.2. The van der Waals surface area contributed by atoms with E-state index in [1.54, 1.807) is 31.2 Å². The van der Waals surface area contributed by atoms with Gasteiger partial charge in [0.1, 0.15) is 5.76 Å². The molecule has 0 unspecified atom stereocenters. The number of carbonyl (C=O) groups excluding carboxylic acids is 2. The Morgan fingerprint density at radius 1 is 1.17 bits per heavy atom. The summed E-state index contributed by atoms with van der Waals surface area (Å²) in [5.41, 5.74) is 1.19. The number of carbonyl (C=O) groups is 2. The number of thioether (sulfide) groups is 1. The molecular formula is C21H18FNO5S. The fourth-order valence-corrected chi connectivity index (χ4v) is 3.45. The number of Topliss-reactive ketones (excluding diaryl/α,β-unsaturated/α-hetero) is 1. The Hall–Kier alpha value is -3.13. The van der Waals surface area contributed by atoms with Crippen molar-refractivity contribution in [3.05, 3.63) is 76.9 Å². The number of aryl methyl sites for hydroxylation is 1. The molecule has 150 valence electrons. The summed E-state index contributed by atoms with van der Waals surface area (Å²) in [5, 5.41) is 3.92. The number of hydrogen-bond donors (Lipinski definition) is 0. The zero-order chi connectivity index (χ0) is 20.8. The Morgan fingerprint density at radius 3 is 2.66 bits per heavy atom. The summed E-state index contributed by atoms with van der Waals surface area (Å²) in [6.07, 6.45) is 0. The minimum Gasteiger partial charge on any atom is -0.494 e. The van der Waals surface area contributed by atoms with Gasteiger partial charge in [0.2, 0.25) is 0 Å². The third kappa shape index (κ3) is 5.23. The minimum absolute atomic E-state index is 0.0341. The molecule has 8 heteroatoms. The largest absolute Gasteiger partial charge is 0.494 e. The SMILES string of the molecule is COc1ccc(C(=O)COC(=O)c2ccccc2SCc2cc(C)on2)cc1F. The van der Waals surface area contributed by atoms with Gasteiger partial charge < -0.3 is 14.0 Å². The maximum atomic E-state index is 13.8. The van der Waals surface area contributed by atoms with Crippen LogP contribution in [0.5, 0.6) is 5.75 Å². The summed E-state index contributed by atoms with van der Waals surface area (Å²) in [7, 11) is 1.33. The maximum absolute atomic E-state index is 13.8. The van der Waals surface area contributed by atoms with Gasteiger partial charge in [-0.25, -0.2) is 9.18 Å². The molecular weight excluding hydrogens is 397 g/mol. The summed E-state index contributed by atoms with van der Waals surface area (Å²) in [5.74, 6) is -0.538. The number of nitrogens with zero attached hydrogens (tertiary/aromatic N) is 1. The monoisotopic (exact) mass is 415 g/mol. The summed E-state index contributed by atoms with van der Waals surface area (Å²) < 4.78 is 28.8. The van der Waals surface area contributed by atoms with Crippen molar-refractivity contribution in [3.8, 4) is 5.75 Å². The van der Waals surface area contributed by atoms with Crippen molar-refractivity contribution in [1.82, 2.24) is 5.16 Å². The lowest BCUT2D eigenvalue weighted by Gasteiger charge is -2.09. The van der Waals surface area contributed by atoms with E-state index in [4.69, 9.17) is 14.0 Å². The van der Waals surface area contributed by atoms with Gasteiger partial charge in [-0.15, -0.1) is 11.8 Å². The van der Waals surface area contributed by atoms with E-state index >= 15 is 0 Å². The lowest BCUT2D eigenvalue weighted by Crippen LogP contribution is -2.15. The molecule has 0 aliphatic heterocycles. The second-order valence-corrected chi connectivity index (χ2v) is 7.08. The molecule has 1 aromatic heterocycles. The number of rotatable bonds is 8. The van der Waals surface area contributed by atoms with Crippen LogP contribution in [-0.2, 0) is 10.5 Å². The molecule has 0 aliphatic carbocycles. The Labute approximate surface area is 171 Å². The number of benzene rings is 2. The van der Waals surface area contributed by atoms with E-state index in [0.717, 1.165) is 11.8 Å². The van der Waals surface area contributed by atoms with Gasteiger partial charge in [0.05, 0.1) is 18.4 Å². The molecule has 29 heavy (non-hydrogen) atoms. The average Bonchev–Trinajstić information content (AvgIpc) is 3.15. The summed E-state index contributed by atoms with van der Waals surface area (Å²) in [4.78, 5) is 25.4. The molecule has 3 aromatic rings. The zero-order valence-electron chi connectivity index (χ0n) is 15.8. The van der Waals surface area contributed by atoms with E-state index < -0.39 is 24.2 Å². The third-order valence-electron chi connectivity index (χ3n) is 3.97. The lowest BCUT2D eigenvalue weighted by atomic mass is 10.1. The van der Waals surface area contributed by atoms with Crippen LogP contribution in [0.15, 0.2) is 57.9 Å². The summed E-state index contributed by atoms with van der Waals surface area (Å²) >= 11 is 1.41. The fourth-order valence-electron chi connectivity index (χ4n) is 2.53. The molecule has 0 fully saturated rings. The normalized spacial score (nSPS) is 10.6. The van der Waals surface area contributed by atoms with Gasteiger partial charge in [0.15, 0.2) is 24.0 Å². The molecule has 0 aliphatic rings. The Kier molecular flexibility index (Phi) is 6.66. The molecule has 0 saturated carbocycles. The molecule has 3 rings (SSSR count). The first kappa shape index (κ1) is 20.6. The molecule has 0 saturated heterocycles. The molecule has 0 amide bonds. The third-order valence-corrected chi connectivity index (χ3v) is 5.07. The van der Waals surface area contributed by atoms with Crippen LogP contribution < -0.4 is 4.74 Å². The highest BCUT2D eigenvalue weighted by Crippen LogP contribution is 2.27. The zero-order valence-corrected chi connectivity index (χ0v) is 16.6. The Morgan fingerprint density at radius 2 is 1.97 bits per heavy atom. The summed E-state index contributed by atoms with van der Waals surface area (Å²) in [6.45, 7) is 1.31. The van der Waals surface area contributed by atoms with E-state index in [2.05, 4.69) is 5.16 Å². The number of ketones is 1. The topological polar surface area (TPSA) is 78.6 Å². The van der Waals surface area contributed by atoms with Crippen molar-refractivity contribution in [2.45, 2.75) is 17.6 Å².